The first kappa shape index (κ1) is 20.0. The Kier molecular flexibility index (Phi) is 6.99. The van der Waals surface area contributed by atoms with Crippen molar-refractivity contribution in [2.24, 2.45) is 0 Å². The second-order valence-electron chi connectivity index (χ2n) is 5.43. The minimum atomic E-state index is -1.04. The van der Waals surface area contributed by atoms with Crippen LogP contribution in [0.3, 0.4) is 0 Å². The number of benzene rings is 2. The molecule has 0 aromatic heterocycles. The summed E-state index contributed by atoms with van der Waals surface area (Å²) in [6.07, 6.45) is -1.04. The molecule has 7 nitrogen and oxygen atoms in total. The van der Waals surface area contributed by atoms with Crippen LogP contribution in [0.4, 0.5) is 10.1 Å². The summed E-state index contributed by atoms with van der Waals surface area (Å²) in [6.45, 7) is 1.03. The van der Waals surface area contributed by atoms with E-state index in [1.54, 1.807) is 18.2 Å². The fourth-order valence-corrected chi connectivity index (χ4v) is 2.12. The van der Waals surface area contributed by atoms with Crippen molar-refractivity contribution in [1.29, 1.82) is 0 Å². The van der Waals surface area contributed by atoms with E-state index in [1.807, 2.05) is 0 Å². The highest BCUT2D eigenvalue weighted by Gasteiger charge is 2.19. The topological polar surface area (TPSA) is 83.1 Å². The zero-order valence-corrected chi connectivity index (χ0v) is 15.2. The van der Waals surface area contributed by atoms with Gasteiger partial charge < -0.3 is 24.3 Å². The second kappa shape index (κ2) is 9.42. The largest absolute Gasteiger partial charge is 0.493 e. The Hall–Kier alpha value is -3.29. The van der Waals surface area contributed by atoms with E-state index in [0.29, 0.717) is 22.9 Å². The van der Waals surface area contributed by atoms with Crippen LogP contribution < -0.4 is 19.5 Å². The lowest BCUT2D eigenvalue weighted by atomic mass is 10.2. The number of rotatable bonds is 8. The molecule has 2 aromatic rings. The number of ether oxygens (including phenoxy) is 4. The number of halogens is 1. The summed E-state index contributed by atoms with van der Waals surface area (Å²) in [5.41, 5.74) is 0.461. The van der Waals surface area contributed by atoms with Crippen LogP contribution in [0.1, 0.15) is 6.92 Å². The molecule has 1 N–H and O–H groups in total. The molecule has 144 valence electrons. The number of amides is 1. The summed E-state index contributed by atoms with van der Waals surface area (Å²) in [5.74, 6) is -0.367. The van der Waals surface area contributed by atoms with Crippen molar-refractivity contribution in [3.05, 3.63) is 48.3 Å². The van der Waals surface area contributed by atoms with Gasteiger partial charge in [-0.3, -0.25) is 4.79 Å². The normalized spacial score (nSPS) is 11.3. The number of anilines is 1. The standard InChI is InChI=1S/C19H20FNO6/c1-12(27-18(22)11-26-15-7-4-13(20)5-8-15)19(23)21-14-6-9-16(24-2)17(10-14)25-3/h4-10,12H,11H2,1-3H3,(H,21,23)/t12-/m0/s1. The molecule has 2 rings (SSSR count). The zero-order chi connectivity index (χ0) is 19.8. The van der Waals surface area contributed by atoms with Gasteiger partial charge in [-0.2, -0.15) is 0 Å². The van der Waals surface area contributed by atoms with E-state index in [-0.39, 0.29) is 0 Å². The summed E-state index contributed by atoms with van der Waals surface area (Å²) in [7, 11) is 2.99. The number of nitrogens with one attached hydrogen (secondary N) is 1. The first-order chi connectivity index (χ1) is 12.9. The van der Waals surface area contributed by atoms with Gasteiger partial charge in [-0.1, -0.05) is 0 Å². The van der Waals surface area contributed by atoms with Crippen LogP contribution >= 0.6 is 0 Å². The average Bonchev–Trinajstić information content (AvgIpc) is 2.67. The number of carbonyl (C=O) groups is 2. The van der Waals surface area contributed by atoms with Gasteiger partial charge in [-0.25, -0.2) is 9.18 Å². The van der Waals surface area contributed by atoms with E-state index >= 15 is 0 Å². The molecule has 0 aliphatic carbocycles. The number of hydrogen-bond donors (Lipinski definition) is 1. The SMILES string of the molecule is COc1ccc(NC(=O)[C@H](C)OC(=O)COc2ccc(F)cc2)cc1OC. The highest BCUT2D eigenvalue weighted by molar-refractivity contribution is 5.95. The van der Waals surface area contributed by atoms with Gasteiger partial charge in [-0.05, 0) is 43.3 Å². The lowest BCUT2D eigenvalue weighted by Gasteiger charge is -2.15. The fraction of sp³-hybridized carbons (Fsp3) is 0.263. The van der Waals surface area contributed by atoms with Crippen molar-refractivity contribution in [3.8, 4) is 17.2 Å². The second-order valence-corrected chi connectivity index (χ2v) is 5.43. The zero-order valence-electron chi connectivity index (χ0n) is 15.2. The smallest absolute Gasteiger partial charge is 0.344 e. The van der Waals surface area contributed by atoms with Crippen LogP contribution in [-0.4, -0.2) is 38.8 Å². The number of methoxy groups -OCH3 is 2. The van der Waals surface area contributed by atoms with Crippen LogP contribution in [0.2, 0.25) is 0 Å². The summed E-state index contributed by atoms with van der Waals surface area (Å²) < 4.78 is 33.3. The number of esters is 1. The lowest BCUT2D eigenvalue weighted by molar-refractivity contribution is -0.155. The molecule has 0 spiro atoms. The predicted molar refractivity (Wildman–Crippen MR) is 95.6 cm³/mol. The van der Waals surface area contributed by atoms with E-state index in [0.717, 1.165) is 0 Å². The predicted octanol–water partition coefficient (Wildman–Crippen LogP) is 2.79. The first-order valence-electron chi connectivity index (χ1n) is 8.03. The molecule has 0 saturated carbocycles. The first-order valence-corrected chi connectivity index (χ1v) is 8.03. The average molecular weight is 377 g/mol. The van der Waals surface area contributed by atoms with Gasteiger partial charge in [0.1, 0.15) is 11.6 Å². The van der Waals surface area contributed by atoms with Crippen LogP contribution in [0.5, 0.6) is 17.2 Å². The molecule has 2 aromatic carbocycles. The summed E-state index contributed by atoms with van der Waals surface area (Å²) >= 11 is 0. The molecule has 0 aliphatic heterocycles. The molecule has 0 aliphatic rings. The van der Waals surface area contributed by atoms with Gasteiger partial charge in [0.05, 0.1) is 14.2 Å². The van der Waals surface area contributed by atoms with Crippen LogP contribution in [0.25, 0.3) is 0 Å². The minimum Gasteiger partial charge on any atom is -0.493 e. The molecule has 0 saturated heterocycles. The third kappa shape index (κ3) is 5.88. The summed E-state index contributed by atoms with van der Waals surface area (Å²) in [6, 6.07) is 10.0. The summed E-state index contributed by atoms with van der Waals surface area (Å²) in [4.78, 5) is 24.0. The van der Waals surface area contributed by atoms with Gasteiger partial charge in [-0.15, -0.1) is 0 Å². The lowest BCUT2D eigenvalue weighted by Crippen LogP contribution is -2.31. The van der Waals surface area contributed by atoms with E-state index in [2.05, 4.69) is 5.32 Å². The van der Waals surface area contributed by atoms with Crippen molar-refractivity contribution < 1.29 is 32.9 Å². The van der Waals surface area contributed by atoms with Gasteiger partial charge in [0.2, 0.25) is 0 Å². The molecule has 0 bridgehead atoms. The molecular weight excluding hydrogens is 357 g/mol. The van der Waals surface area contributed by atoms with Gasteiger partial charge in [0, 0.05) is 11.8 Å². The monoisotopic (exact) mass is 377 g/mol. The number of hydrogen-bond acceptors (Lipinski definition) is 6. The minimum absolute atomic E-state index is 0.316. The maximum atomic E-state index is 12.8. The van der Waals surface area contributed by atoms with E-state index < -0.39 is 30.4 Å². The van der Waals surface area contributed by atoms with Crippen molar-refractivity contribution >= 4 is 17.6 Å². The summed E-state index contributed by atoms with van der Waals surface area (Å²) in [5, 5.41) is 2.62. The Morgan fingerprint density at radius 3 is 2.33 bits per heavy atom. The molecule has 0 radical (unpaired) electrons. The number of carbonyl (C=O) groups excluding carboxylic acids is 2. The molecule has 1 amide bonds. The molecule has 8 heteroatoms. The van der Waals surface area contributed by atoms with E-state index in [1.165, 1.54) is 45.4 Å². The quantitative estimate of drug-likeness (QED) is 0.713. The van der Waals surface area contributed by atoms with Crippen LogP contribution in [0.15, 0.2) is 42.5 Å². The molecular formula is C19H20FNO6. The molecule has 0 unspecified atom stereocenters. The Labute approximate surface area is 156 Å². The van der Waals surface area contributed by atoms with Crippen molar-refractivity contribution in [3.63, 3.8) is 0 Å². The highest BCUT2D eigenvalue weighted by atomic mass is 19.1. The van der Waals surface area contributed by atoms with Crippen molar-refractivity contribution in [1.82, 2.24) is 0 Å². The van der Waals surface area contributed by atoms with Crippen LogP contribution in [0, 0.1) is 5.82 Å². The maximum Gasteiger partial charge on any atom is 0.344 e. The third-order valence-corrected chi connectivity index (χ3v) is 3.50. The Morgan fingerprint density at radius 2 is 1.70 bits per heavy atom. The fourth-order valence-electron chi connectivity index (χ4n) is 2.12. The molecule has 0 heterocycles. The highest BCUT2D eigenvalue weighted by Crippen LogP contribution is 2.29. The third-order valence-electron chi connectivity index (χ3n) is 3.50. The van der Waals surface area contributed by atoms with E-state index in [9.17, 15) is 14.0 Å². The van der Waals surface area contributed by atoms with Crippen LogP contribution in [-0.2, 0) is 14.3 Å². The van der Waals surface area contributed by atoms with Gasteiger partial charge >= 0.3 is 5.97 Å². The van der Waals surface area contributed by atoms with Crippen molar-refractivity contribution in [2.75, 3.05) is 26.1 Å². The van der Waals surface area contributed by atoms with Gasteiger partial charge in [0.15, 0.2) is 24.2 Å². The van der Waals surface area contributed by atoms with E-state index in [4.69, 9.17) is 18.9 Å². The molecule has 1 atom stereocenters. The Morgan fingerprint density at radius 1 is 1.04 bits per heavy atom. The Bertz CT molecular complexity index is 793. The maximum absolute atomic E-state index is 12.8. The Balaban J connectivity index is 1.85. The molecule has 0 fully saturated rings. The molecule has 27 heavy (non-hydrogen) atoms. The van der Waals surface area contributed by atoms with Gasteiger partial charge in [0.25, 0.3) is 5.91 Å². The van der Waals surface area contributed by atoms with Crippen molar-refractivity contribution in [2.45, 2.75) is 13.0 Å².